The Morgan fingerprint density at radius 3 is 2.48 bits per heavy atom. The van der Waals surface area contributed by atoms with E-state index >= 15 is 0 Å². The van der Waals surface area contributed by atoms with E-state index in [2.05, 4.69) is 9.97 Å². The van der Waals surface area contributed by atoms with Crippen molar-refractivity contribution in [2.75, 3.05) is 24.6 Å². The number of carbonyl (C=O) groups excluding carboxylic acids is 1. The standard InChI is InChI=1S/C19H19F3N4O6S/c1-2-30-18(27)32-13-7-9-25(10-8-13)16-15(26(28)29)17(24-11-23-16)31-12-3-5-14(6-4-12)33-19(20,21)22/h3-6,11,13H,2,7-10H2,1H3. The molecule has 14 heteroatoms. The highest BCUT2D eigenvalue weighted by Gasteiger charge is 2.32. The number of ether oxygens (including phenoxy) is 3. The zero-order valence-corrected chi connectivity index (χ0v) is 18.1. The van der Waals surface area contributed by atoms with Crippen LogP contribution in [0.5, 0.6) is 11.6 Å². The van der Waals surface area contributed by atoms with E-state index in [0.29, 0.717) is 25.9 Å². The van der Waals surface area contributed by atoms with Crippen LogP contribution in [0.1, 0.15) is 19.8 Å². The Balaban J connectivity index is 1.73. The lowest BCUT2D eigenvalue weighted by molar-refractivity contribution is -0.385. The van der Waals surface area contributed by atoms with Crippen molar-refractivity contribution in [2.24, 2.45) is 0 Å². The summed E-state index contributed by atoms with van der Waals surface area (Å²) in [5.41, 5.74) is -4.91. The first-order valence-corrected chi connectivity index (χ1v) is 10.6. The molecule has 2 aromatic rings. The molecule has 1 saturated heterocycles. The van der Waals surface area contributed by atoms with Gasteiger partial charge in [-0.15, -0.1) is 0 Å². The molecule has 178 valence electrons. The van der Waals surface area contributed by atoms with Crippen molar-refractivity contribution in [1.29, 1.82) is 0 Å². The third-order valence-electron chi connectivity index (χ3n) is 4.49. The second kappa shape index (κ2) is 10.6. The fraction of sp³-hybridized carbons (Fsp3) is 0.421. The zero-order chi connectivity index (χ0) is 24.0. The second-order valence-corrected chi connectivity index (χ2v) is 7.86. The third-order valence-corrected chi connectivity index (χ3v) is 5.23. The molecule has 0 radical (unpaired) electrons. The molecule has 1 aliphatic heterocycles. The number of thioether (sulfide) groups is 1. The van der Waals surface area contributed by atoms with Crippen molar-refractivity contribution in [3.8, 4) is 11.6 Å². The normalized spacial score (nSPS) is 14.6. The van der Waals surface area contributed by atoms with Gasteiger partial charge in [0.2, 0.25) is 5.82 Å². The summed E-state index contributed by atoms with van der Waals surface area (Å²) in [5, 5.41) is 11.8. The van der Waals surface area contributed by atoms with Crippen LogP contribution < -0.4 is 9.64 Å². The lowest BCUT2D eigenvalue weighted by Crippen LogP contribution is -2.38. The van der Waals surface area contributed by atoms with Crippen LogP contribution in [0.4, 0.5) is 29.5 Å². The summed E-state index contributed by atoms with van der Waals surface area (Å²) in [7, 11) is 0. The van der Waals surface area contributed by atoms with E-state index in [4.69, 9.17) is 14.2 Å². The average Bonchev–Trinajstić information content (AvgIpc) is 2.74. The van der Waals surface area contributed by atoms with Crippen LogP contribution in [-0.2, 0) is 9.47 Å². The Bertz CT molecular complexity index is 984. The van der Waals surface area contributed by atoms with Crippen LogP contribution in [0.2, 0.25) is 0 Å². The maximum atomic E-state index is 12.5. The molecule has 10 nitrogen and oxygen atoms in total. The number of nitrogens with zero attached hydrogens (tertiary/aromatic N) is 4. The number of benzene rings is 1. The van der Waals surface area contributed by atoms with Gasteiger partial charge >= 0.3 is 23.2 Å². The van der Waals surface area contributed by atoms with E-state index < -0.39 is 22.3 Å². The first-order valence-electron chi connectivity index (χ1n) is 9.77. The first kappa shape index (κ1) is 24.4. The third kappa shape index (κ3) is 6.84. The average molecular weight is 488 g/mol. The number of hydrogen-bond acceptors (Lipinski definition) is 10. The van der Waals surface area contributed by atoms with E-state index in [1.54, 1.807) is 11.8 Å². The number of alkyl halides is 3. The lowest BCUT2D eigenvalue weighted by Gasteiger charge is -2.31. The molecule has 1 aromatic heterocycles. The molecular formula is C19H19F3N4O6S. The molecule has 0 aliphatic carbocycles. The maximum Gasteiger partial charge on any atom is 0.508 e. The second-order valence-electron chi connectivity index (χ2n) is 6.72. The Labute approximate surface area is 190 Å². The minimum atomic E-state index is -4.43. The summed E-state index contributed by atoms with van der Waals surface area (Å²) >= 11 is -0.284. The van der Waals surface area contributed by atoms with Crippen LogP contribution in [0.15, 0.2) is 35.5 Å². The molecule has 0 N–H and O–H groups in total. The maximum absolute atomic E-state index is 12.5. The van der Waals surface area contributed by atoms with Crippen LogP contribution in [0.3, 0.4) is 0 Å². The van der Waals surface area contributed by atoms with Crippen molar-refractivity contribution >= 4 is 29.4 Å². The molecule has 1 aromatic carbocycles. The summed E-state index contributed by atoms with van der Waals surface area (Å²) in [6.07, 6.45) is 0.778. The molecule has 0 unspecified atom stereocenters. The van der Waals surface area contributed by atoms with Gasteiger partial charge < -0.3 is 19.1 Å². The van der Waals surface area contributed by atoms with Crippen molar-refractivity contribution in [3.63, 3.8) is 0 Å². The molecule has 0 spiro atoms. The summed E-state index contributed by atoms with van der Waals surface area (Å²) in [5.74, 6) is -0.231. The number of piperidine rings is 1. The van der Waals surface area contributed by atoms with Gasteiger partial charge in [0, 0.05) is 30.8 Å². The lowest BCUT2D eigenvalue weighted by atomic mass is 10.1. The number of aromatic nitrogens is 2. The molecule has 0 saturated carbocycles. The number of anilines is 1. The van der Waals surface area contributed by atoms with Crippen LogP contribution in [0.25, 0.3) is 0 Å². The largest absolute Gasteiger partial charge is 0.508 e. The topological polar surface area (TPSA) is 117 Å². The van der Waals surface area contributed by atoms with Gasteiger partial charge in [0.25, 0.3) is 0 Å². The Morgan fingerprint density at radius 1 is 1.24 bits per heavy atom. The Kier molecular flexibility index (Phi) is 7.79. The highest BCUT2D eigenvalue weighted by atomic mass is 32.2. The first-order chi connectivity index (χ1) is 15.7. The highest BCUT2D eigenvalue weighted by Crippen LogP contribution is 2.39. The molecule has 0 bridgehead atoms. The van der Waals surface area contributed by atoms with Gasteiger partial charge in [-0.25, -0.2) is 9.78 Å². The van der Waals surface area contributed by atoms with Gasteiger partial charge in [-0.05, 0) is 43.0 Å². The van der Waals surface area contributed by atoms with Gasteiger partial charge in [-0.1, -0.05) is 0 Å². The molecule has 1 fully saturated rings. The fourth-order valence-corrected chi connectivity index (χ4v) is 3.65. The van der Waals surface area contributed by atoms with Crippen LogP contribution >= 0.6 is 11.8 Å². The summed E-state index contributed by atoms with van der Waals surface area (Å²) < 4.78 is 52.9. The van der Waals surface area contributed by atoms with Crippen molar-refractivity contribution < 1.29 is 37.1 Å². The number of hydrogen-bond donors (Lipinski definition) is 0. The summed E-state index contributed by atoms with van der Waals surface area (Å²) in [6, 6.07) is 4.90. The smallest absolute Gasteiger partial charge is 0.435 e. The fourth-order valence-electron chi connectivity index (χ4n) is 3.11. The molecule has 0 amide bonds. The van der Waals surface area contributed by atoms with Gasteiger partial charge in [-0.3, -0.25) is 10.1 Å². The number of rotatable bonds is 7. The quantitative estimate of drug-likeness (QED) is 0.230. The summed E-state index contributed by atoms with van der Waals surface area (Å²) in [6.45, 7) is 2.50. The molecule has 1 aliphatic rings. The van der Waals surface area contributed by atoms with E-state index in [1.807, 2.05) is 0 Å². The predicted octanol–water partition coefficient (Wildman–Crippen LogP) is 4.93. The Morgan fingerprint density at radius 2 is 1.91 bits per heavy atom. The number of halogens is 3. The van der Waals surface area contributed by atoms with Crippen molar-refractivity contribution in [3.05, 3.63) is 40.7 Å². The highest BCUT2D eigenvalue weighted by molar-refractivity contribution is 8.00. The Hall–Kier alpha value is -3.29. The van der Waals surface area contributed by atoms with Gasteiger partial charge in [-0.2, -0.15) is 18.2 Å². The molecule has 0 atom stereocenters. The number of nitro groups is 1. The predicted molar refractivity (Wildman–Crippen MR) is 110 cm³/mol. The SMILES string of the molecule is CCOC(=O)OC1CCN(c2ncnc(Oc3ccc(SC(F)(F)F)cc3)c2[N+](=O)[O-])CC1. The zero-order valence-electron chi connectivity index (χ0n) is 17.3. The summed E-state index contributed by atoms with van der Waals surface area (Å²) in [4.78, 5) is 32.0. The molecule has 3 rings (SSSR count). The van der Waals surface area contributed by atoms with E-state index in [1.165, 1.54) is 24.3 Å². The van der Waals surface area contributed by atoms with Gasteiger partial charge in [0.05, 0.1) is 11.5 Å². The van der Waals surface area contributed by atoms with Crippen molar-refractivity contribution in [2.45, 2.75) is 36.3 Å². The van der Waals surface area contributed by atoms with Crippen molar-refractivity contribution in [1.82, 2.24) is 9.97 Å². The van der Waals surface area contributed by atoms with E-state index in [0.717, 1.165) is 6.33 Å². The van der Waals surface area contributed by atoms with Crippen LogP contribution in [0, 0.1) is 10.1 Å². The van der Waals surface area contributed by atoms with Crippen LogP contribution in [-0.4, -0.2) is 52.4 Å². The van der Waals surface area contributed by atoms with Gasteiger partial charge in [0.1, 0.15) is 18.2 Å². The molecule has 2 heterocycles. The minimum Gasteiger partial charge on any atom is -0.435 e. The number of carbonyl (C=O) groups is 1. The minimum absolute atomic E-state index is 0.0313. The molecule has 33 heavy (non-hydrogen) atoms. The van der Waals surface area contributed by atoms with Gasteiger partial charge in [0.15, 0.2) is 0 Å². The van der Waals surface area contributed by atoms with E-state index in [9.17, 15) is 28.1 Å². The monoisotopic (exact) mass is 488 g/mol. The molecular weight excluding hydrogens is 469 g/mol. The van der Waals surface area contributed by atoms with E-state index in [-0.39, 0.29) is 46.8 Å².